The van der Waals surface area contributed by atoms with Crippen LogP contribution >= 0.6 is 0 Å². The van der Waals surface area contributed by atoms with E-state index >= 15 is 0 Å². The van der Waals surface area contributed by atoms with Crippen LogP contribution in [0.1, 0.15) is 0 Å². The fourth-order valence-electron chi connectivity index (χ4n) is 2.10. The van der Waals surface area contributed by atoms with E-state index in [0.717, 1.165) is 0 Å². The molecule has 21 heavy (non-hydrogen) atoms. The van der Waals surface area contributed by atoms with Gasteiger partial charge in [-0.25, -0.2) is 4.98 Å². The van der Waals surface area contributed by atoms with Crippen LogP contribution in [0.4, 0.5) is 0 Å². The van der Waals surface area contributed by atoms with Crippen LogP contribution in [0.5, 0.6) is 0 Å². The van der Waals surface area contributed by atoms with Gasteiger partial charge in [-0.15, -0.1) is 0 Å². The summed E-state index contributed by atoms with van der Waals surface area (Å²) in [4.78, 5) is 28.5. The van der Waals surface area contributed by atoms with Gasteiger partial charge in [-0.1, -0.05) is 12.1 Å². The van der Waals surface area contributed by atoms with Gasteiger partial charge in [0.05, 0.1) is 24.3 Å². The van der Waals surface area contributed by atoms with Gasteiger partial charge in [-0.05, 0) is 24.3 Å². The van der Waals surface area contributed by atoms with Crippen molar-refractivity contribution in [2.45, 2.75) is 6.54 Å². The Labute approximate surface area is 119 Å². The molecule has 0 bridgehead atoms. The molecular formula is C15H12N2O4. The number of esters is 1. The Bertz CT molecular complexity index is 850. The van der Waals surface area contributed by atoms with Crippen LogP contribution in [0.3, 0.4) is 0 Å². The van der Waals surface area contributed by atoms with Crippen LogP contribution in [0.25, 0.3) is 22.5 Å². The highest BCUT2D eigenvalue weighted by atomic mass is 16.5. The molecule has 0 saturated carbocycles. The number of ether oxygens (including phenoxy) is 1. The predicted octanol–water partition coefficient (Wildman–Crippen LogP) is 1.83. The zero-order valence-electron chi connectivity index (χ0n) is 11.3. The molecule has 6 nitrogen and oxygen atoms in total. The normalized spacial score (nSPS) is 10.7. The molecule has 3 aromatic rings. The summed E-state index contributed by atoms with van der Waals surface area (Å²) in [6, 6.07) is 10.3. The lowest BCUT2D eigenvalue weighted by atomic mass is 10.2. The summed E-state index contributed by atoms with van der Waals surface area (Å²) < 4.78 is 11.2. The molecule has 106 valence electrons. The van der Waals surface area contributed by atoms with Crippen molar-refractivity contribution in [1.29, 1.82) is 0 Å². The Kier molecular flexibility index (Phi) is 3.27. The van der Waals surface area contributed by atoms with Crippen LogP contribution < -0.4 is 5.56 Å². The number of carbonyl (C=O) groups is 1. The number of fused-ring (bicyclic) bond motifs is 1. The van der Waals surface area contributed by atoms with E-state index in [4.69, 9.17) is 4.42 Å². The van der Waals surface area contributed by atoms with E-state index in [1.54, 1.807) is 36.4 Å². The Hall–Kier alpha value is -2.89. The van der Waals surface area contributed by atoms with Gasteiger partial charge < -0.3 is 9.15 Å². The van der Waals surface area contributed by atoms with E-state index in [-0.39, 0.29) is 12.1 Å². The van der Waals surface area contributed by atoms with Gasteiger partial charge in [0.1, 0.15) is 6.54 Å². The van der Waals surface area contributed by atoms with Crippen LogP contribution in [-0.4, -0.2) is 22.6 Å². The standard InChI is InChI=1S/C15H12N2O4/c1-20-13(18)9-17-14(12-7-4-8-21-12)16-11-6-3-2-5-10(11)15(17)19/h2-8H,9H2,1H3. The average Bonchev–Trinajstić information content (AvgIpc) is 3.04. The van der Waals surface area contributed by atoms with Gasteiger partial charge in [0.15, 0.2) is 11.6 Å². The summed E-state index contributed by atoms with van der Waals surface area (Å²) in [6.07, 6.45) is 1.49. The first-order valence-corrected chi connectivity index (χ1v) is 6.31. The number of para-hydroxylation sites is 1. The van der Waals surface area contributed by atoms with Crippen molar-refractivity contribution in [2.24, 2.45) is 0 Å². The first-order chi connectivity index (χ1) is 10.2. The number of hydrogen-bond donors (Lipinski definition) is 0. The molecule has 0 aliphatic heterocycles. The zero-order valence-corrected chi connectivity index (χ0v) is 11.3. The van der Waals surface area contributed by atoms with Crippen molar-refractivity contribution in [3.63, 3.8) is 0 Å². The molecule has 2 aromatic heterocycles. The molecule has 0 fully saturated rings. The van der Waals surface area contributed by atoms with Crippen LogP contribution in [-0.2, 0) is 16.1 Å². The van der Waals surface area contributed by atoms with Gasteiger partial charge >= 0.3 is 5.97 Å². The number of rotatable bonds is 3. The Morgan fingerprint density at radius 3 is 2.81 bits per heavy atom. The number of nitrogens with zero attached hydrogens (tertiary/aromatic N) is 2. The van der Waals surface area contributed by atoms with Crippen molar-refractivity contribution in [1.82, 2.24) is 9.55 Å². The van der Waals surface area contributed by atoms with Gasteiger partial charge in [0.2, 0.25) is 0 Å². The minimum Gasteiger partial charge on any atom is -0.468 e. The van der Waals surface area contributed by atoms with E-state index < -0.39 is 5.97 Å². The Balaban J connectivity index is 2.30. The monoisotopic (exact) mass is 284 g/mol. The van der Waals surface area contributed by atoms with Crippen LogP contribution in [0.15, 0.2) is 51.9 Å². The fourth-order valence-corrected chi connectivity index (χ4v) is 2.10. The van der Waals surface area contributed by atoms with Crippen molar-refractivity contribution in [3.8, 4) is 11.6 Å². The molecule has 0 spiro atoms. The van der Waals surface area contributed by atoms with Crippen molar-refractivity contribution < 1.29 is 13.9 Å². The molecule has 0 saturated heterocycles. The highest BCUT2D eigenvalue weighted by Crippen LogP contribution is 2.19. The third-order valence-corrected chi connectivity index (χ3v) is 3.12. The molecule has 0 amide bonds. The smallest absolute Gasteiger partial charge is 0.325 e. The first-order valence-electron chi connectivity index (χ1n) is 6.31. The molecule has 0 aliphatic rings. The number of benzene rings is 1. The van der Waals surface area contributed by atoms with Gasteiger partial charge in [0.25, 0.3) is 5.56 Å². The first kappa shape index (κ1) is 13.1. The maximum Gasteiger partial charge on any atom is 0.325 e. The Morgan fingerprint density at radius 1 is 1.29 bits per heavy atom. The lowest BCUT2D eigenvalue weighted by molar-refractivity contribution is -0.141. The van der Waals surface area contributed by atoms with Gasteiger partial charge in [-0.3, -0.25) is 14.2 Å². The number of hydrogen-bond acceptors (Lipinski definition) is 5. The minimum absolute atomic E-state index is 0.219. The number of aromatic nitrogens is 2. The van der Waals surface area contributed by atoms with E-state index in [1.807, 2.05) is 0 Å². The molecule has 0 aliphatic carbocycles. The molecule has 0 unspecified atom stereocenters. The number of methoxy groups -OCH3 is 1. The molecule has 2 heterocycles. The summed E-state index contributed by atoms with van der Waals surface area (Å²) in [6.45, 7) is -0.219. The second kappa shape index (κ2) is 5.24. The average molecular weight is 284 g/mol. The quantitative estimate of drug-likeness (QED) is 0.686. The third kappa shape index (κ3) is 2.31. The largest absolute Gasteiger partial charge is 0.468 e. The second-order valence-electron chi connectivity index (χ2n) is 4.40. The topological polar surface area (TPSA) is 74.3 Å². The van der Waals surface area contributed by atoms with Crippen LogP contribution in [0.2, 0.25) is 0 Å². The minimum atomic E-state index is -0.526. The van der Waals surface area contributed by atoms with E-state index in [0.29, 0.717) is 22.5 Å². The maximum atomic E-state index is 12.6. The molecule has 0 radical (unpaired) electrons. The highest BCUT2D eigenvalue weighted by molar-refractivity contribution is 5.80. The summed E-state index contributed by atoms with van der Waals surface area (Å²) in [5, 5.41) is 0.441. The lowest BCUT2D eigenvalue weighted by Crippen LogP contribution is -2.27. The molecule has 6 heteroatoms. The maximum absolute atomic E-state index is 12.6. The Morgan fingerprint density at radius 2 is 2.10 bits per heavy atom. The fraction of sp³-hybridized carbons (Fsp3) is 0.133. The predicted molar refractivity (Wildman–Crippen MR) is 75.7 cm³/mol. The molecule has 0 atom stereocenters. The highest BCUT2D eigenvalue weighted by Gasteiger charge is 2.16. The summed E-state index contributed by atoms with van der Waals surface area (Å²) in [5.41, 5.74) is 0.243. The molecule has 0 N–H and O–H groups in total. The zero-order chi connectivity index (χ0) is 14.8. The summed E-state index contributed by atoms with van der Waals surface area (Å²) in [5.74, 6) is 0.192. The van der Waals surface area contributed by atoms with Gasteiger partial charge in [0, 0.05) is 0 Å². The van der Waals surface area contributed by atoms with Crippen molar-refractivity contribution in [2.75, 3.05) is 7.11 Å². The van der Waals surface area contributed by atoms with Crippen LogP contribution in [0, 0.1) is 0 Å². The van der Waals surface area contributed by atoms with Gasteiger partial charge in [-0.2, -0.15) is 0 Å². The second-order valence-corrected chi connectivity index (χ2v) is 4.40. The summed E-state index contributed by atoms with van der Waals surface area (Å²) in [7, 11) is 1.27. The number of carbonyl (C=O) groups excluding carboxylic acids is 1. The van der Waals surface area contributed by atoms with Crippen molar-refractivity contribution in [3.05, 3.63) is 53.0 Å². The number of furan rings is 1. The molecule has 3 rings (SSSR count). The summed E-state index contributed by atoms with van der Waals surface area (Å²) >= 11 is 0. The lowest BCUT2D eigenvalue weighted by Gasteiger charge is -2.10. The van der Waals surface area contributed by atoms with E-state index in [2.05, 4.69) is 9.72 Å². The molecular weight excluding hydrogens is 272 g/mol. The van der Waals surface area contributed by atoms with Crippen molar-refractivity contribution >= 4 is 16.9 Å². The van der Waals surface area contributed by atoms with E-state index in [1.165, 1.54) is 17.9 Å². The van der Waals surface area contributed by atoms with E-state index in [9.17, 15) is 9.59 Å². The SMILES string of the molecule is COC(=O)Cn1c(-c2ccco2)nc2ccccc2c1=O. The molecule has 1 aromatic carbocycles. The third-order valence-electron chi connectivity index (χ3n) is 3.12.